The van der Waals surface area contributed by atoms with Crippen molar-refractivity contribution in [2.75, 3.05) is 6.61 Å². The molecule has 16 heavy (non-hydrogen) atoms. The lowest BCUT2D eigenvalue weighted by atomic mass is 10.0. The van der Waals surface area contributed by atoms with Crippen molar-refractivity contribution in [2.24, 2.45) is 0 Å². The average Bonchev–Trinajstić information content (AvgIpc) is 2.24. The second kappa shape index (κ2) is 4.07. The summed E-state index contributed by atoms with van der Waals surface area (Å²) >= 11 is 0. The number of phenols is 3. The van der Waals surface area contributed by atoms with Gasteiger partial charge in [-0.3, -0.25) is 4.79 Å². The molecule has 7 heteroatoms. The quantitative estimate of drug-likeness (QED) is 0.353. The van der Waals surface area contributed by atoms with Crippen LogP contribution in [0.15, 0.2) is 6.07 Å². The molecule has 0 aliphatic carbocycles. The summed E-state index contributed by atoms with van der Waals surface area (Å²) in [5, 5.41) is 44.8. The maximum absolute atomic E-state index is 11.2. The van der Waals surface area contributed by atoms with Gasteiger partial charge in [0, 0.05) is 0 Å². The van der Waals surface area contributed by atoms with Crippen LogP contribution in [0.3, 0.4) is 0 Å². The van der Waals surface area contributed by atoms with Crippen molar-refractivity contribution in [1.29, 1.82) is 0 Å². The Bertz CT molecular complexity index is 463. The van der Waals surface area contributed by atoms with E-state index in [-0.39, 0.29) is 0 Å². The van der Waals surface area contributed by atoms with Crippen molar-refractivity contribution >= 4 is 11.8 Å². The Hall–Kier alpha value is -2.28. The Labute approximate surface area is 88.8 Å². The highest BCUT2D eigenvalue weighted by molar-refractivity contribution is 6.09. The molecule has 0 bridgehead atoms. The molecule has 0 spiro atoms. The first-order valence-corrected chi connectivity index (χ1v) is 4.05. The maximum atomic E-state index is 11.2. The van der Waals surface area contributed by atoms with E-state index in [2.05, 4.69) is 0 Å². The van der Waals surface area contributed by atoms with Gasteiger partial charge in [0.05, 0.1) is 11.1 Å². The summed E-state index contributed by atoms with van der Waals surface area (Å²) in [6.45, 7) is -1.03. The fraction of sp³-hybridized carbons (Fsp3) is 0.111. The number of aliphatic hydroxyl groups excluding tert-OH is 1. The number of benzene rings is 1. The van der Waals surface area contributed by atoms with Gasteiger partial charge in [-0.1, -0.05) is 0 Å². The fourth-order valence-electron chi connectivity index (χ4n) is 1.17. The normalized spacial score (nSPS) is 10.1. The Morgan fingerprint density at radius 2 is 1.69 bits per heavy atom. The molecule has 1 aromatic carbocycles. The van der Waals surface area contributed by atoms with E-state index in [1.54, 1.807) is 0 Å². The number of carbonyl (C=O) groups is 2. The largest absolute Gasteiger partial charge is 0.504 e. The number of aromatic hydroxyl groups is 3. The van der Waals surface area contributed by atoms with Gasteiger partial charge in [-0.05, 0) is 6.07 Å². The molecule has 0 heterocycles. The lowest BCUT2D eigenvalue weighted by molar-refractivity contribution is 0.0688. The summed E-state index contributed by atoms with van der Waals surface area (Å²) in [6, 6.07) is 0.611. The monoisotopic (exact) mass is 228 g/mol. The minimum Gasteiger partial charge on any atom is -0.504 e. The van der Waals surface area contributed by atoms with Crippen molar-refractivity contribution in [2.45, 2.75) is 0 Å². The van der Waals surface area contributed by atoms with E-state index in [0.29, 0.717) is 6.07 Å². The highest BCUT2D eigenvalue weighted by Crippen LogP contribution is 2.39. The number of phenolic OH excluding ortho intramolecular Hbond substituents is 3. The molecule has 0 saturated carbocycles. The summed E-state index contributed by atoms with van der Waals surface area (Å²) in [7, 11) is 0. The zero-order valence-corrected chi connectivity index (χ0v) is 7.84. The van der Waals surface area contributed by atoms with E-state index in [0.717, 1.165) is 0 Å². The highest BCUT2D eigenvalue weighted by Gasteiger charge is 2.25. The van der Waals surface area contributed by atoms with E-state index in [1.165, 1.54) is 0 Å². The molecule has 0 fully saturated rings. The second-order valence-electron chi connectivity index (χ2n) is 2.90. The number of Topliss-reactive ketones (excluding diaryl/α,β-unsaturated/α-hetero) is 1. The summed E-state index contributed by atoms with van der Waals surface area (Å²) in [6.07, 6.45) is 0. The molecule has 1 aromatic rings. The van der Waals surface area contributed by atoms with E-state index in [4.69, 9.17) is 20.4 Å². The molecule has 0 aliphatic rings. The first-order chi connectivity index (χ1) is 7.40. The van der Waals surface area contributed by atoms with Crippen LogP contribution < -0.4 is 0 Å². The number of hydrogen-bond donors (Lipinski definition) is 5. The number of carboxylic acid groups (broad SMARTS) is 1. The van der Waals surface area contributed by atoms with Crippen molar-refractivity contribution in [3.05, 3.63) is 17.2 Å². The molecule has 86 valence electrons. The van der Waals surface area contributed by atoms with Crippen LogP contribution in [-0.2, 0) is 0 Å². The average molecular weight is 228 g/mol. The molecule has 0 radical (unpaired) electrons. The minimum atomic E-state index is -1.58. The summed E-state index contributed by atoms with van der Waals surface area (Å²) in [4.78, 5) is 21.9. The highest BCUT2D eigenvalue weighted by atomic mass is 16.4. The van der Waals surface area contributed by atoms with E-state index < -0.39 is 46.7 Å². The maximum Gasteiger partial charge on any atom is 0.336 e. The molecular weight excluding hydrogens is 220 g/mol. The van der Waals surface area contributed by atoms with Gasteiger partial charge in [0.2, 0.25) is 5.75 Å². The van der Waals surface area contributed by atoms with E-state index in [9.17, 15) is 14.7 Å². The SMILES string of the molecule is O=C(O)c1cc(O)c(O)c(O)c1C(=O)CO. The topological polar surface area (TPSA) is 135 Å². The molecule has 0 amide bonds. The number of aliphatic hydroxyl groups is 1. The van der Waals surface area contributed by atoms with Gasteiger partial charge >= 0.3 is 5.97 Å². The molecule has 0 unspecified atom stereocenters. The van der Waals surface area contributed by atoms with Crippen LogP contribution in [0.1, 0.15) is 20.7 Å². The third-order valence-corrected chi connectivity index (χ3v) is 1.91. The van der Waals surface area contributed by atoms with E-state index >= 15 is 0 Å². The number of ketones is 1. The molecular formula is C9H8O7. The van der Waals surface area contributed by atoms with Gasteiger partial charge in [0.15, 0.2) is 17.3 Å². The second-order valence-corrected chi connectivity index (χ2v) is 2.90. The lowest BCUT2D eigenvalue weighted by Gasteiger charge is -2.09. The van der Waals surface area contributed by atoms with Crippen LogP contribution >= 0.6 is 0 Å². The number of rotatable bonds is 3. The summed E-state index contributed by atoms with van der Waals surface area (Å²) in [5.41, 5.74) is -1.45. The van der Waals surface area contributed by atoms with Gasteiger partial charge in [-0.2, -0.15) is 0 Å². The smallest absolute Gasteiger partial charge is 0.336 e. The Morgan fingerprint density at radius 1 is 1.12 bits per heavy atom. The van der Waals surface area contributed by atoms with Crippen molar-refractivity contribution < 1.29 is 35.1 Å². The molecule has 0 atom stereocenters. The third-order valence-electron chi connectivity index (χ3n) is 1.91. The Balaban J connectivity index is 3.60. The molecule has 0 aromatic heterocycles. The minimum absolute atomic E-state index is 0.611. The summed E-state index contributed by atoms with van der Waals surface area (Å²) < 4.78 is 0. The van der Waals surface area contributed by atoms with Crippen LogP contribution in [0.2, 0.25) is 0 Å². The zero-order chi connectivity index (χ0) is 12.5. The number of hydrogen-bond acceptors (Lipinski definition) is 6. The van der Waals surface area contributed by atoms with Crippen LogP contribution in [0.5, 0.6) is 17.2 Å². The molecule has 1 rings (SSSR count). The van der Waals surface area contributed by atoms with Crippen molar-refractivity contribution in [1.82, 2.24) is 0 Å². The third kappa shape index (κ3) is 1.75. The predicted octanol–water partition coefficient (Wildman–Crippen LogP) is -0.323. The van der Waals surface area contributed by atoms with Crippen LogP contribution in [0.4, 0.5) is 0 Å². The standard InChI is InChI=1S/C9H8O7/c10-2-5(12)6-3(9(15)16)1-4(11)7(13)8(6)14/h1,10-11,13-14H,2H2,(H,15,16). The Kier molecular flexibility index (Phi) is 3.00. The van der Waals surface area contributed by atoms with Crippen LogP contribution in [0, 0.1) is 0 Å². The predicted molar refractivity (Wildman–Crippen MR) is 49.8 cm³/mol. The van der Waals surface area contributed by atoms with Crippen LogP contribution in [0.25, 0.3) is 0 Å². The number of carbonyl (C=O) groups excluding carboxylic acids is 1. The molecule has 0 saturated heterocycles. The molecule has 7 nitrogen and oxygen atoms in total. The first kappa shape index (κ1) is 11.8. The van der Waals surface area contributed by atoms with Gasteiger partial charge < -0.3 is 25.5 Å². The summed E-state index contributed by atoms with van der Waals surface area (Å²) in [5.74, 6) is -5.62. The van der Waals surface area contributed by atoms with E-state index in [1.807, 2.05) is 0 Å². The van der Waals surface area contributed by atoms with Crippen LogP contribution in [-0.4, -0.2) is 43.9 Å². The number of aromatic carboxylic acids is 1. The lowest BCUT2D eigenvalue weighted by Crippen LogP contribution is -2.12. The van der Waals surface area contributed by atoms with Crippen molar-refractivity contribution in [3.8, 4) is 17.2 Å². The van der Waals surface area contributed by atoms with Gasteiger partial charge in [-0.25, -0.2) is 4.79 Å². The fourth-order valence-corrected chi connectivity index (χ4v) is 1.17. The van der Waals surface area contributed by atoms with Gasteiger partial charge in [0.25, 0.3) is 0 Å². The first-order valence-electron chi connectivity index (χ1n) is 4.05. The van der Waals surface area contributed by atoms with Crippen molar-refractivity contribution in [3.63, 3.8) is 0 Å². The molecule has 5 N–H and O–H groups in total. The number of carboxylic acids is 1. The Morgan fingerprint density at radius 3 is 2.12 bits per heavy atom. The zero-order valence-electron chi connectivity index (χ0n) is 7.84. The molecule has 0 aliphatic heterocycles. The van der Waals surface area contributed by atoms with Gasteiger partial charge in [0.1, 0.15) is 6.61 Å². The van der Waals surface area contributed by atoms with Gasteiger partial charge in [-0.15, -0.1) is 0 Å².